The molecule has 0 aliphatic heterocycles. The van der Waals surface area contributed by atoms with E-state index in [1.165, 1.54) is 32.9 Å². The Hall–Kier alpha value is -1.12. The molecule has 1 nitrogen and oxygen atoms in total. The van der Waals surface area contributed by atoms with Crippen LogP contribution in [0.15, 0.2) is 30.3 Å². The fourth-order valence-corrected chi connectivity index (χ4v) is 3.80. The maximum absolute atomic E-state index is 3.63. The van der Waals surface area contributed by atoms with E-state index >= 15 is 0 Å². The summed E-state index contributed by atoms with van der Waals surface area (Å²) < 4.78 is 0. The Balaban J connectivity index is 2.23. The summed E-state index contributed by atoms with van der Waals surface area (Å²) in [4.78, 5) is 2.84. The molecule has 2 heteroatoms. The lowest BCUT2D eigenvalue weighted by Gasteiger charge is -2.14. The van der Waals surface area contributed by atoms with Gasteiger partial charge in [0.15, 0.2) is 0 Å². The second kappa shape index (κ2) is 7.05. The van der Waals surface area contributed by atoms with E-state index < -0.39 is 0 Å². The number of aryl methyl sites for hydroxylation is 2. The normalized spacial score (nSPS) is 12.6. The average molecular weight is 287 g/mol. The Morgan fingerprint density at radius 3 is 2.55 bits per heavy atom. The molecule has 1 atom stereocenters. The van der Waals surface area contributed by atoms with Crippen molar-refractivity contribution in [1.29, 1.82) is 0 Å². The van der Waals surface area contributed by atoms with Crippen LogP contribution in [0, 0.1) is 13.8 Å². The molecule has 0 saturated heterocycles. The van der Waals surface area contributed by atoms with Crippen LogP contribution in [0.5, 0.6) is 0 Å². The second-order valence-electron chi connectivity index (χ2n) is 5.44. The van der Waals surface area contributed by atoms with Crippen molar-refractivity contribution >= 4 is 11.3 Å². The molecule has 1 N–H and O–H groups in total. The minimum Gasteiger partial charge on any atom is -0.309 e. The fourth-order valence-electron chi connectivity index (χ4n) is 2.54. The molecule has 0 aliphatic carbocycles. The first-order valence-electron chi connectivity index (χ1n) is 7.56. The van der Waals surface area contributed by atoms with Crippen molar-refractivity contribution in [3.05, 3.63) is 46.3 Å². The van der Waals surface area contributed by atoms with Crippen molar-refractivity contribution < 1.29 is 0 Å². The fraction of sp³-hybridized carbons (Fsp3) is 0.444. The standard InChI is InChI=1S/C18H25NS/c1-5-11-19-16(6-2)18-10-9-17(20-18)15-8-7-13(3)12-14(15)4/h7-10,12,16,19H,5-6,11H2,1-4H3. The van der Waals surface area contributed by atoms with Crippen LogP contribution in [0.2, 0.25) is 0 Å². The van der Waals surface area contributed by atoms with Crippen LogP contribution in [0.25, 0.3) is 10.4 Å². The van der Waals surface area contributed by atoms with Crippen LogP contribution in [0.4, 0.5) is 0 Å². The van der Waals surface area contributed by atoms with Crippen LogP contribution < -0.4 is 5.32 Å². The molecule has 20 heavy (non-hydrogen) atoms. The molecule has 2 rings (SSSR count). The van der Waals surface area contributed by atoms with Crippen LogP contribution in [-0.4, -0.2) is 6.54 Å². The van der Waals surface area contributed by atoms with Gasteiger partial charge < -0.3 is 5.32 Å². The van der Waals surface area contributed by atoms with Crippen molar-refractivity contribution in [3.8, 4) is 10.4 Å². The van der Waals surface area contributed by atoms with Crippen LogP contribution in [0.1, 0.15) is 48.7 Å². The summed E-state index contributed by atoms with van der Waals surface area (Å²) in [6.07, 6.45) is 2.33. The Morgan fingerprint density at radius 1 is 1.10 bits per heavy atom. The van der Waals surface area contributed by atoms with Crippen LogP contribution >= 0.6 is 11.3 Å². The highest BCUT2D eigenvalue weighted by atomic mass is 32.1. The molecule has 0 saturated carbocycles. The first kappa shape index (κ1) is 15.3. The van der Waals surface area contributed by atoms with E-state index in [9.17, 15) is 0 Å². The summed E-state index contributed by atoms with van der Waals surface area (Å²) >= 11 is 1.93. The highest BCUT2D eigenvalue weighted by Gasteiger charge is 2.12. The number of hydrogen-bond donors (Lipinski definition) is 1. The van der Waals surface area contributed by atoms with E-state index in [1.54, 1.807) is 0 Å². The van der Waals surface area contributed by atoms with Crippen LogP contribution in [-0.2, 0) is 0 Å². The van der Waals surface area contributed by atoms with E-state index in [2.05, 4.69) is 63.3 Å². The molecule has 2 aromatic rings. The summed E-state index contributed by atoms with van der Waals surface area (Å²) in [5, 5.41) is 3.63. The summed E-state index contributed by atoms with van der Waals surface area (Å²) in [5.41, 5.74) is 4.07. The Kier molecular flexibility index (Phi) is 5.38. The number of benzene rings is 1. The predicted molar refractivity (Wildman–Crippen MR) is 90.6 cm³/mol. The maximum atomic E-state index is 3.63. The molecule has 0 fully saturated rings. The lowest BCUT2D eigenvalue weighted by molar-refractivity contribution is 0.525. The molecule has 0 aliphatic rings. The quantitative estimate of drug-likeness (QED) is 0.741. The van der Waals surface area contributed by atoms with Crippen molar-refractivity contribution in [2.24, 2.45) is 0 Å². The molecule has 1 aromatic heterocycles. The lowest BCUT2D eigenvalue weighted by atomic mass is 10.0. The number of hydrogen-bond acceptors (Lipinski definition) is 2. The van der Waals surface area contributed by atoms with E-state index in [0.717, 1.165) is 13.0 Å². The highest BCUT2D eigenvalue weighted by Crippen LogP contribution is 2.34. The van der Waals surface area contributed by atoms with Gasteiger partial charge in [-0.15, -0.1) is 11.3 Å². The number of rotatable bonds is 6. The molecular weight excluding hydrogens is 262 g/mol. The first-order chi connectivity index (χ1) is 9.65. The molecule has 0 spiro atoms. The van der Waals surface area contributed by atoms with Crippen LogP contribution in [0.3, 0.4) is 0 Å². The monoisotopic (exact) mass is 287 g/mol. The van der Waals surface area contributed by atoms with Crippen molar-refractivity contribution in [3.63, 3.8) is 0 Å². The zero-order valence-corrected chi connectivity index (χ0v) is 13.8. The molecule has 1 unspecified atom stereocenters. The minimum atomic E-state index is 0.499. The smallest absolute Gasteiger partial charge is 0.0412 e. The average Bonchev–Trinajstić information content (AvgIpc) is 2.89. The van der Waals surface area contributed by atoms with Gasteiger partial charge in [0.1, 0.15) is 0 Å². The van der Waals surface area contributed by atoms with Gasteiger partial charge in [-0.2, -0.15) is 0 Å². The minimum absolute atomic E-state index is 0.499. The van der Waals surface area contributed by atoms with Crippen molar-refractivity contribution in [1.82, 2.24) is 5.32 Å². The first-order valence-corrected chi connectivity index (χ1v) is 8.38. The summed E-state index contributed by atoms with van der Waals surface area (Å²) in [5.74, 6) is 0. The van der Waals surface area contributed by atoms with E-state index in [4.69, 9.17) is 0 Å². The largest absolute Gasteiger partial charge is 0.309 e. The maximum Gasteiger partial charge on any atom is 0.0412 e. The van der Waals surface area contributed by atoms with Gasteiger partial charge in [-0.05, 0) is 56.5 Å². The zero-order valence-electron chi connectivity index (χ0n) is 13.0. The third-order valence-corrected chi connectivity index (χ3v) is 4.90. The molecule has 0 bridgehead atoms. The van der Waals surface area contributed by atoms with Gasteiger partial charge >= 0.3 is 0 Å². The van der Waals surface area contributed by atoms with Gasteiger partial charge in [-0.1, -0.05) is 37.6 Å². The molecule has 1 aromatic carbocycles. The third kappa shape index (κ3) is 3.50. The Bertz CT molecular complexity index is 556. The number of thiophene rings is 1. The summed E-state index contributed by atoms with van der Waals surface area (Å²) in [6.45, 7) is 9.92. The van der Waals surface area contributed by atoms with Gasteiger partial charge in [0.2, 0.25) is 0 Å². The Morgan fingerprint density at radius 2 is 1.90 bits per heavy atom. The Labute approximate surface area is 127 Å². The zero-order chi connectivity index (χ0) is 14.5. The van der Waals surface area contributed by atoms with Gasteiger partial charge in [-0.25, -0.2) is 0 Å². The summed E-state index contributed by atoms with van der Waals surface area (Å²) in [6, 6.07) is 11.8. The molecular formula is C18H25NS. The predicted octanol–water partition coefficient (Wildman–Crippen LogP) is 5.48. The van der Waals surface area contributed by atoms with E-state index in [1.807, 2.05) is 11.3 Å². The number of nitrogens with one attached hydrogen (secondary N) is 1. The van der Waals surface area contributed by atoms with Gasteiger partial charge in [0.05, 0.1) is 0 Å². The SMILES string of the molecule is CCCNC(CC)c1ccc(-c2ccc(C)cc2C)s1. The molecule has 0 amide bonds. The topological polar surface area (TPSA) is 12.0 Å². The summed E-state index contributed by atoms with van der Waals surface area (Å²) in [7, 11) is 0. The highest BCUT2D eigenvalue weighted by molar-refractivity contribution is 7.15. The third-order valence-electron chi connectivity index (χ3n) is 3.67. The van der Waals surface area contributed by atoms with E-state index in [0.29, 0.717) is 6.04 Å². The lowest BCUT2D eigenvalue weighted by Crippen LogP contribution is -2.20. The van der Waals surface area contributed by atoms with Gasteiger partial charge in [0, 0.05) is 15.8 Å². The van der Waals surface area contributed by atoms with Crippen molar-refractivity contribution in [2.75, 3.05) is 6.54 Å². The molecule has 0 radical (unpaired) electrons. The van der Waals surface area contributed by atoms with Gasteiger partial charge in [0.25, 0.3) is 0 Å². The molecule has 1 heterocycles. The van der Waals surface area contributed by atoms with Crippen molar-refractivity contribution in [2.45, 2.75) is 46.6 Å². The van der Waals surface area contributed by atoms with Gasteiger partial charge in [-0.3, -0.25) is 0 Å². The van der Waals surface area contributed by atoms with E-state index in [-0.39, 0.29) is 0 Å². The second-order valence-corrected chi connectivity index (χ2v) is 6.55. The molecule has 108 valence electrons.